The van der Waals surface area contributed by atoms with E-state index in [1.807, 2.05) is 6.07 Å². The molecule has 0 bridgehead atoms. The smallest absolute Gasteiger partial charge is 0.124 e. The molecule has 104 valence electrons. The van der Waals surface area contributed by atoms with Crippen LogP contribution in [0.3, 0.4) is 0 Å². The van der Waals surface area contributed by atoms with Crippen LogP contribution in [-0.4, -0.2) is 18.8 Å². The van der Waals surface area contributed by atoms with E-state index < -0.39 is 0 Å². The van der Waals surface area contributed by atoms with Gasteiger partial charge in [0.15, 0.2) is 0 Å². The van der Waals surface area contributed by atoms with E-state index in [2.05, 4.69) is 31.3 Å². The quantitative estimate of drug-likeness (QED) is 0.880. The Morgan fingerprint density at radius 3 is 2.95 bits per heavy atom. The zero-order chi connectivity index (χ0) is 13.2. The normalized spacial score (nSPS) is 25.6. The Labute approximate surface area is 115 Å². The van der Waals surface area contributed by atoms with Gasteiger partial charge in [-0.3, -0.25) is 0 Å². The first-order valence-corrected chi connectivity index (χ1v) is 7.45. The summed E-state index contributed by atoms with van der Waals surface area (Å²) in [5.41, 5.74) is 1.26. The topological polar surface area (TPSA) is 30.5 Å². The van der Waals surface area contributed by atoms with Crippen LogP contribution in [0.5, 0.6) is 11.5 Å². The number of benzene rings is 1. The van der Waals surface area contributed by atoms with E-state index >= 15 is 0 Å². The highest BCUT2D eigenvalue weighted by atomic mass is 16.5. The first-order chi connectivity index (χ1) is 9.26. The maximum Gasteiger partial charge on any atom is 0.124 e. The Morgan fingerprint density at radius 2 is 2.21 bits per heavy atom. The van der Waals surface area contributed by atoms with Gasteiger partial charge in [0.25, 0.3) is 0 Å². The Hall–Kier alpha value is -1.22. The summed E-state index contributed by atoms with van der Waals surface area (Å²) in [7, 11) is 0. The number of hydrogen-bond acceptors (Lipinski definition) is 3. The van der Waals surface area contributed by atoms with Crippen molar-refractivity contribution in [2.24, 2.45) is 0 Å². The molecule has 0 saturated heterocycles. The van der Waals surface area contributed by atoms with E-state index in [-0.39, 0.29) is 6.10 Å². The highest BCUT2D eigenvalue weighted by Crippen LogP contribution is 2.38. The first kappa shape index (κ1) is 12.8. The molecule has 1 aromatic carbocycles. The molecule has 1 aromatic rings. The van der Waals surface area contributed by atoms with Crippen molar-refractivity contribution in [1.82, 2.24) is 5.32 Å². The van der Waals surface area contributed by atoms with Crippen LogP contribution in [0.2, 0.25) is 0 Å². The lowest BCUT2D eigenvalue weighted by atomic mass is 9.96. The van der Waals surface area contributed by atoms with Crippen molar-refractivity contribution in [3.8, 4) is 11.5 Å². The Balaban J connectivity index is 1.81. The summed E-state index contributed by atoms with van der Waals surface area (Å²) in [6.07, 6.45) is 4.99. The maximum atomic E-state index is 5.93. The van der Waals surface area contributed by atoms with Crippen molar-refractivity contribution in [2.45, 2.75) is 57.7 Å². The molecule has 1 aliphatic carbocycles. The van der Waals surface area contributed by atoms with Gasteiger partial charge in [-0.05, 0) is 44.4 Å². The minimum Gasteiger partial charge on any atom is -0.494 e. The number of fused-ring (bicyclic) bond motifs is 1. The van der Waals surface area contributed by atoms with Crippen molar-refractivity contribution in [1.29, 1.82) is 0 Å². The number of rotatable bonds is 5. The third kappa shape index (κ3) is 3.03. The van der Waals surface area contributed by atoms with Crippen molar-refractivity contribution < 1.29 is 9.47 Å². The molecule has 1 N–H and O–H groups in total. The van der Waals surface area contributed by atoms with Crippen LogP contribution in [0, 0.1) is 0 Å². The van der Waals surface area contributed by atoms with Crippen LogP contribution in [0.15, 0.2) is 18.2 Å². The largest absolute Gasteiger partial charge is 0.494 e. The molecule has 2 atom stereocenters. The van der Waals surface area contributed by atoms with Gasteiger partial charge in [0, 0.05) is 24.1 Å². The van der Waals surface area contributed by atoms with Crippen LogP contribution >= 0.6 is 0 Å². The molecule has 3 heteroatoms. The van der Waals surface area contributed by atoms with Gasteiger partial charge in [-0.15, -0.1) is 0 Å². The maximum absolute atomic E-state index is 5.93. The lowest BCUT2D eigenvalue weighted by Gasteiger charge is -2.31. The molecule has 1 fully saturated rings. The second-order valence-corrected chi connectivity index (χ2v) is 5.71. The van der Waals surface area contributed by atoms with Gasteiger partial charge in [-0.25, -0.2) is 0 Å². The molecule has 1 aliphatic heterocycles. The third-order valence-electron chi connectivity index (χ3n) is 3.74. The zero-order valence-electron chi connectivity index (χ0n) is 11.8. The summed E-state index contributed by atoms with van der Waals surface area (Å²) in [5, 5.41) is 3.73. The van der Waals surface area contributed by atoms with Crippen LogP contribution in [0.25, 0.3) is 0 Å². The molecule has 0 amide bonds. The van der Waals surface area contributed by atoms with Crippen LogP contribution < -0.4 is 14.8 Å². The van der Waals surface area contributed by atoms with Crippen LogP contribution in [0.1, 0.15) is 51.1 Å². The zero-order valence-corrected chi connectivity index (χ0v) is 11.8. The van der Waals surface area contributed by atoms with Gasteiger partial charge in [0.1, 0.15) is 11.5 Å². The van der Waals surface area contributed by atoms with E-state index in [4.69, 9.17) is 9.47 Å². The SMILES string of the molecule is CCCOc1ccc2c(c1)C(NC1CC1)CC(C)O2. The van der Waals surface area contributed by atoms with Gasteiger partial charge in [0.05, 0.1) is 12.7 Å². The summed E-state index contributed by atoms with van der Waals surface area (Å²) in [6.45, 7) is 5.05. The van der Waals surface area contributed by atoms with Crippen molar-refractivity contribution in [2.75, 3.05) is 6.61 Å². The fraction of sp³-hybridized carbons (Fsp3) is 0.625. The molecule has 19 heavy (non-hydrogen) atoms. The lowest BCUT2D eigenvalue weighted by molar-refractivity contribution is 0.165. The second-order valence-electron chi connectivity index (χ2n) is 5.71. The van der Waals surface area contributed by atoms with E-state index in [0.717, 1.165) is 30.9 Å². The molecule has 3 nitrogen and oxygen atoms in total. The molecule has 1 heterocycles. The summed E-state index contributed by atoms with van der Waals surface area (Å²) < 4.78 is 11.7. The van der Waals surface area contributed by atoms with Crippen LogP contribution in [0.4, 0.5) is 0 Å². The highest BCUT2D eigenvalue weighted by Gasteiger charge is 2.31. The summed E-state index contributed by atoms with van der Waals surface area (Å²) >= 11 is 0. The lowest BCUT2D eigenvalue weighted by Crippen LogP contribution is -2.32. The minimum absolute atomic E-state index is 0.283. The molecule has 2 unspecified atom stereocenters. The fourth-order valence-corrected chi connectivity index (χ4v) is 2.63. The van der Waals surface area contributed by atoms with Crippen molar-refractivity contribution in [3.63, 3.8) is 0 Å². The van der Waals surface area contributed by atoms with Crippen LogP contribution in [-0.2, 0) is 0 Å². The predicted octanol–water partition coefficient (Wildman–Crippen LogP) is 3.44. The van der Waals surface area contributed by atoms with E-state index in [0.29, 0.717) is 12.1 Å². The third-order valence-corrected chi connectivity index (χ3v) is 3.74. The molecular weight excluding hydrogens is 238 g/mol. The minimum atomic E-state index is 0.283. The summed E-state index contributed by atoms with van der Waals surface area (Å²) in [6, 6.07) is 7.34. The summed E-state index contributed by atoms with van der Waals surface area (Å²) in [5.74, 6) is 1.97. The Morgan fingerprint density at radius 1 is 1.37 bits per heavy atom. The Bertz CT molecular complexity index is 442. The standard InChI is InChI=1S/C16H23NO2/c1-3-8-18-13-6-7-16-14(10-13)15(9-11(2)19-16)17-12-4-5-12/h6-7,10-12,15,17H,3-5,8-9H2,1-2H3. The number of nitrogens with one attached hydrogen (secondary N) is 1. The monoisotopic (exact) mass is 261 g/mol. The van der Waals surface area contributed by atoms with E-state index in [9.17, 15) is 0 Å². The average Bonchev–Trinajstić information content (AvgIpc) is 3.20. The van der Waals surface area contributed by atoms with Gasteiger partial charge >= 0.3 is 0 Å². The number of ether oxygens (including phenoxy) is 2. The first-order valence-electron chi connectivity index (χ1n) is 7.45. The predicted molar refractivity (Wildman–Crippen MR) is 75.8 cm³/mol. The van der Waals surface area contributed by atoms with Gasteiger partial charge < -0.3 is 14.8 Å². The van der Waals surface area contributed by atoms with Crippen molar-refractivity contribution in [3.05, 3.63) is 23.8 Å². The Kier molecular flexibility index (Phi) is 3.65. The van der Waals surface area contributed by atoms with E-state index in [1.54, 1.807) is 0 Å². The molecular formula is C16H23NO2. The van der Waals surface area contributed by atoms with Gasteiger partial charge in [0.2, 0.25) is 0 Å². The molecule has 0 radical (unpaired) electrons. The molecule has 2 aliphatic rings. The molecule has 1 saturated carbocycles. The van der Waals surface area contributed by atoms with Gasteiger partial charge in [-0.2, -0.15) is 0 Å². The fourth-order valence-electron chi connectivity index (χ4n) is 2.63. The van der Waals surface area contributed by atoms with E-state index in [1.165, 1.54) is 18.4 Å². The molecule has 3 rings (SSSR count). The summed E-state index contributed by atoms with van der Waals surface area (Å²) in [4.78, 5) is 0. The molecule has 0 aromatic heterocycles. The molecule has 0 spiro atoms. The second kappa shape index (κ2) is 5.41. The van der Waals surface area contributed by atoms with Crippen molar-refractivity contribution >= 4 is 0 Å². The highest BCUT2D eigenvalue weighted by molar-refractivity contribution is 5.43. The average molecular weight is 261 g/mol. The number of hydrogen-bond donors (Lipinski definition) is 1. The van der Waals surface area contributed by atoms with Gasteiger partial charge in [-0.1, -0.05) is 6.92 Å².